The Balaban J connectivity index is 1.78. The minimum absolute atomic E-state index is 0.307. The lowest BCUT2D eigenvalue weighted by Gasteiger charge is -2.51. The highest BCUT2D eigenvalue weighted by molar-refractivity contribution is 5.33. The van der Waals surface area contributed by atoms with Gasteiger partial charge in [-0.05, 0) is 29.4 Å². The van der Waals surface area contributed by atoms with Gasteiger partial charge in [-0.1, -0.05) is 38.1 Å². The van der Waals surface area contributed by atoms with Crippen molar-refractivity contribution >= 4 is 0 Å². The van der Waals surface area contributed by atoms with E-state index < -0.39 is 0 Å². The molecule has 2 heterocycles. The van der Waals surface area contributed by atoms with Crippen LogP contribution in [0.15, 0.2) is 24.3 Å². The highest BCUT2D eigenvalue weighted by Crippen LogP contribution is 2.41. The molecule has 1 aromatic rings. The van der Waals surface area contributed by atoms with Gasteiger partial charge in [-0.15, -0.1) is 0 Å². The van der Waals surface area contributed by atoms with Crippen LogP contribution in [-0.4, -0.2) is 26.3 Å². The van der Waals surface area contributed by atoms with E-state index in [1.165, 1.54) is 17.5 Å². The number of ether oxygens (including phenoxy) is 1. The van der Waals surface area contributed by atoms with E-state index in [0.29, 0.717) is 5.41 Å². The monoisotopic (exact) mass is 245 g/mol. The van der Waals surface area contributed by atoms with Gasteiger partial charge in [-0.2, -0.15) is 0 Å². The molecule has 18 heavy (non-hydrogen) atoms. The average molecular weight is 245 g/mol. The average Bonchev–Trinajstić information content (AvgIpc) is 2.21. The second-order valence-electron chi connectivity index (χ2n) is 6.30. The van der Waals surface area contributed by atoms with Crippen LogP contribution in [0.4, 0.5) is 0 Å². The van der Waals surface area contributed by atoms with Gasteiger partial charge in [0.15, 0.2) is 0 Å². The van der Waals surface area contributed by atoms with Crippen molar-refractivity contribution < 1.29 is 4.74 Å². The van der Waals surface area contributed by atoms with E-state index in [4.69, 9.17) is 4.74 Å². The van der Waals surface area contributed by atoms with Crippen molar-refractivity contribution in [3.05, 3.63) is 35.4 Å². The maximum absolute atomic E-state index is 5.52. The van der Waals surface area contributed by atoms with Crippen molar-refractivity contribution in [1.29, 1.82) is 0 Å². The minimum Gasteiger partial charge on any atom is -0.379 e. The molecule has 0 spiro atoms. The summed E-state index contributed by atoms with van der Waals surface area (Å²) in [6.07, 6.45) is 1.18. The van der Waals surface area contributed by atoms with Crippen LogP contribution in [0.2, 0.25) is 0 Å². The van der Waals surface area contributed by atoms with Crippen LogP contribution in [0.25, 0.3) is 0 Å². The highest BCUT2D eigenvalue weighted by atomic mass is 16.5. The second-order valence-corrected chi connectivity index (χ2v) is 6.30. The Bertz CT molecular complexity index is 402. The van der Waals surface area contributed by atoms with Gasteiger partial charge in [0, 0.05) is 18.5 Å². The quantitative estimate of drug-likeness (QED) is 0.879. The van der Waals surface area contributed by atoms with E-state index in [-0.39, 0.29) is 0 Å². The number of benzene rings is 1. The van der Waals surface area contributed by atoms with E-state index >= 15 is 0 Å². The zero-order valence-corrected chi connectivity index (χ0v) is 11.4. The lowest BCUT2D eigenvalue weighted by Crippen LogP contribution is -2.62. The molecule has 2 heteroatoms. The zero-order chi connectivity index (χ0) is 12.6. The molecule has 1 N–H and O–H groups in total. The molecule has 2 aliphatic heterocycles. The summed E-state index contributed by atoms with van der Waals surface area (Å²) in [4.78, 5) is 0. The predicted octanol–water partition coefficient (Wildman–Crippen LogP) is 2.37. The van der Waals surface area contributed by atoms with Gasteiger partial charge in [0.1, 0.15) is 0 Å². The van der Waals surface area contributed by atoms with Gasteiger partial charge < -0.3 is 10.1 Å². The lowest BCUT2D eigenvalue weighted by atomic mass is 9.66. The van der Waals surface area contributed by atoms with Crippen molar-refractivity contribution in [2.75, 3.05) is 26.3 Å². The topological polar surface area (TPSA) is 21.3 Å². The highest BCUT2D eigenvalue weighted by Gasteiger charge is 2.49. The first-order valence-corrected chi connectivity index (χ1v) is 7.08. The molecular weight excluding hydrogens is 222 g/mol. The van der Waals surface area contributed by atoms with E-state index in [1.807, 2.05) is 0 Å². The molecule has 0 unspecified atom stereocenters. The SMILES string of the molecule is CC(C)Cc1ccc(C2(C3CNC3)COC2)cc1. The summed E-state index contributed by atoms with van der Waals surface area (Å²) in [5.74, 6) is 1.50. The molecule has 3 rings (SSSR count). The van der Waals surface area contributed by atoms with Crippen LogP contribution >= 0.6 is 0 Å². The van der Waals surface area contributed by atoms with Crippen molar-refractivity contribution in [2.24, 2.45) is 11.8 Å². The predicted molar refractivity (Wildman–Crippen MR) is 73.8 cm³/mol. The molecule has 0 aromatic heterocycles. The van der Waals surface area contributed by atoms with E-state index in [1.54, 1.807) is 0 Å². The number of nitrogens with one attached hydrogen (secondary N) is 1. The Hall–Kier alpha value is -0.860. The molecule has 98 valence electrons. The molecule has 0 aliphatic carbocycles. The third kappa shape index (κ3) is 1.98. The van der Waals surface area contributed by atoms with Gasteiger partial charge >= 0.3 is 0 Å². The summed E-state index contributed by atoms with van der Waals surface area (Å²) >= 11 is 0. The molecule has 2 saturated heterocycles. The molecule has 0 radical (unpaired) electrons. The molecule has 1 aromatic carbocycles. The zero-order valence-electron chi connectivity index (χ0n) is 11.4. The fourth-order valence-electron chi connectivity index (χ4n) is 3.08. The van der Waals surface area contributed by atoms with Gasteiger partial charge in [0.2, 0.25) is 0 Å². The Morgan fingerprint density at radius 1 is 1.22 bits per heavy atom. The third-order valence-corrected chi connectivity index (χ3v) is 4.46. The summed E-state index contributed by atoms with van der Waals surface area (Å²) in [6, 6.07) is 9.28. The molecule has 2 nitrogen and oxygen atoms in total. The first kappa shape index (κ1) is 12.2. The van der Waals surface area contributed by atoms with E-state index in [2.05, 4.69) is 43.4 Å². The number of hydrogen-bond donors (Lipinski definition) is 1. The normalized spacial score (nSPS) is 22.6. The number of hydrogen-bond acceptors (Lipinski definition) is 2. The lowest BCUT2D eigenvalue weighted by molar-refractivity contribution is -0.101. The van der Waals surface area contributed by atoms with Crippen molar-refractivity contribution in [3.8, 4) is 0 Å². The van der Waals surface area contributed by atoms with Crippen LogP contribution < -0.4 is 5.32 Å². The van der Waals surface area contributed by atoms with Gasteiger partial charge in [-0.25, -0.2) is 0 Å². The minimum atomic E-state index is 0.307. The van der Waals surface area contributed by atoms with Crippen molar-refractivity contribution in [1.82, 2.24) is 5.32 Å². The van der Waals surface area contributed by atoms with Crippen LogP contribution in [-0.2, 0) is 16.6 Å². The second kappa shape index (κ2) is 4.67. The number of rotatable bonds is 4. The van der Waals surface area contributed by atoms with Gasteiger partial charge in [-0.3, -0.25) is 0 Å². The van der Waals surface area contributed by atoms with E-state index in [0.717, 1.165) is 38.1 Å². The summed E-state index contributed by atoms with van der Waals surface area (Å²) in [5, 5.41) is 3.39. The molecule has 0 atom stereocenters. The smallest absolute Gasteiger partial charge is 0.0589 e. The maximum Gasteiger partial charge on any atom is 0.0589 e. The molecule has 2 fully saturated rings. The van der Waals surface area contributed by atoms with Gasteiger partial charge in [0.25, 0.3) is 0 Å². The molecule has 0 amide bonds. The molecule has 0 bridgehead atoms. The first-order valence-electron chi connectivity index (χ1n) is 7.08. The van der Waals surface area contributed by atoms with Crippen LogP contribution in [0, 0.1) is 11.8 Å². The molecular formula is C16H23NO. The van der Waals surface area contributed by atoms with E-state index in [9.17, 15) is 0 Å². The standard InChI is InChI=1S/C16H23NO/c1-12(2)7-13-3-5-14(6-4-13)16(10-18-11-16)15-8-17-9-15/h3-6,12,15,17H,7-11H2,1-2H3. The largest absolute Gasteiger partial charge is 0.379 e. The summed E-state index contributed by atoms with van der Waals surface area (Å²) in [5.41, 5.74) is 3.24. The van der Waals surface area contributed by atoms with Gasteiger partial charge in [0.05, 0.1) is 13.2 Å². The van der Waals surface area contributed by atoms with Crippen LogP contribution in [0.3, 0.4) is 0 Å². The Kier molecular flexibility index (Phi) is 3.16. The Labute approximate surface area is 110 Å². The van der Waals surface area contributed by atoms with Crippen molar-refractivity contribution in [2.45, 2.75) is 25.7 Å². The summed E-state index contributed by atoms with van der Waals surface area (Å²) < 4.78 is 5.52. The fourth-order valence-corrected chi connectivity index (χ4v) is 3.08. The Morgan fingerprint density at radius 3 is 2.28 bits per heavy atom. The Morgan fingerprint density at radius 2 is 1.89 bits per heavy atom. The van der Waals surface area contributed by atoms with Crippen LogP contribution in [0.1, 0.15) is 25.0 Å². The van der Waals surface area contributed by atoms with Crippen LogP contribution in [0.5, 0.6) is 0 Å². The molecule has 2 aliphatic rings. The van der Waals surface area contributed by atoms with Crippen molar-refractivity contribution in [3.63, 3.8) is 0 Å². The molecule has 0 saturated carbocycles. The summed E-state index contributed by atoms with van der Waals surface area (Å²) in [6.45, 7) is 8.66. The summed E-state index contributed by atoms with van der Waals surface area (Å²) in [7, 11) is 0. The third-order valence-electron chi connectivity index (χ3n) is 4.46. The first-order chi connectivity index (χ1) is 8.71. The maximum atomic E-state index is 5.52. The fraction of sp³-hybridized carbons (Fsp3) is 0.625.